The number of halogens is 1. The van der Waals surface area contributed by atoms with Crippen LogP contribution in [0.1, 0.15) is 34.0 Å². The molecule has 0 saturated heterocycles. The number of nitrogens with one attached hydrogen (secondary N) is 1. The summed E-state index contributed by atoms with van der Waals surface area (Å²) in [5.41, 5.74) is 2.87. The van der Waals surface area contributed by atoms with Crippen LogP contribution in [0, 0.1) is 0 Å². The molecule has 0 aliphatic carbocycles. The summed E-state index contributed by atoms with van der Waals surface area (Å²) in [6, 6.07) is 18.8. The van der Waals surface area contributed by atoms with Gasteiger partial charge in [0, 0.05) is 19.6 Å². The minimum Gasteiger partial charge on any atom is -0.497 e. The highest BCUT2D eigenvalue weighted by Crippen LogP contribution is 2.30. The fourth-order valence-electron chi connectivity index (χ4n) is 4.00. The van der Waals surface area contributed by atoms with Crippen molar-refractivity contribution in [3.05, 3.63) is 94.0 Å². The normalized spacial score (nSPS) is 14.4. The third-order valence-corrected chi connectivity index (χ3v) is 8.49. The van der Waals surface area contributed by atoms with E-state index in [1.807, 2.05) is 36.4 Å². The number of nitrogens with zero attached hydrogens (tertiary/aromatic N) is 1. The van der Waals surface area contributed by atoms with Gasteiger partial charge in [-0.1, -0.05) is 48.0 Å². The molecule has 10 heteroatoms. The summed E-state index contributed by atoms with van der Waals surface area (Å²) in [5, 5.41) is 2.71. The number of methoxy groups -OCH3 is 1. The molecular weight excluding hydrogens is 516 g/mol. The van der Waals surface area contributed by atoms with Gasteiger partial charge in [0.2, 0.25) is 10.0 Å². The van der Waals surface area contributed by atoms with Crippen LogP contribution in [0.2, 0.25) is 5.02 Å². The van der Waals surface area contributed by atoms with Gasteiger partial charge in [-0.25, -0.2) is 13.2 Å². The van der Waals surface area contributed by atoms with Crippen molar-refractivity contribution in [2.45, 2.75) is 37.4 Å². The highest BCUT2D eigenvalue weighted by molar-refractivity contribution is 7.89. The van der Waals surface area contributed by atoms with Gasteiger partial charge in [0.05, 0.1) is 17.7 Å². The Kier molecular flexibility index (Phi) is 8.16. The second-order valence-electron chi connectivity index (χ2n) is 8.62. The third-order valence-electron chi connectivity index (χ3n) is 6.16. The molecule has 0 bridgehead atoms. The van der Waals surface area contributed by atoms with Crippen LogP contribution >= 0.6 is 11.6 Å². The van der Waals surface area contributed by atoms with E-state index >= 15 is 0 Å². The van der Waals surface area contributed by atoms with Gasteiger partial charge in [0.15, 0.2) is 6.10 Å². The van der Waals surface area contributed by atoms with Gasteiger partial charge in [-0.05, 0) is 60.4 Å². The first-order valence-corrected chi connectivity index (χ1v) is 13.5. The van der Waals surface area contributed by atoms with Crippen molar-refractivity contribution in [1.82, 2.24) is 9.62 Å². The molecule has 3 aromatic carbocycles. The third kappa shape index (κ3) is 6.12. The zero-order valence-corrected chi connectivity index (χ0v) is 22.0. The second-order valence-corrected chi connectivity index (χ2v) is 10.9. The molecule has 4 rings (SSSR count). The lowest BCUT2D eigenvalue weighted by Gasteiger charge is -2.28. The number of fused-ring (bicyclic) bond motifs is 1. The summed E-state index contributed by atoms with van der Waals surface area (Å²) in [5.74, 6) is -0.617. The molecule has 0 saturated carbocycles. The van der Waals surface area contributed by atoms with E-state index in [0.717, 1.165) is 16.7 Å². The summed E-state index contributed by atoms with van der Waals surface area (Å²) in [6.07, 6.45) is -0.516. The predicted octanol–water partition coefficient (Wildman–Crippen LogP) is 3.96. The summed E-state index contributed by atoms with van der Waals surface area (Å²) in [7, 11) is -2.41. The van der Waals surface area contributed by atoms with Crippen LogP contribution in [0.5, 0.6) is 5.75 Å². The van der Waals surface area contributed by atoms with Crippen LogP contribution in [0.3, 0.4) is 0 Å². The van der Waals surface area contributed by atoms with Crippen molar-refractivity contribution >= 4 is 33.5 Å². The second kappa shape index (κ2) is 11.3. The molecule has 1 heterocycles. The van der Waals surface area contributed by atoms with Crippen LogP contribution in [-0.2, 0) is 39.1 Å². The van der Waals surface area contributed by atoms with E-state index in [-0.39, 0.29) is 28.6 Å². The SMILES string of the molecule is COc1ccc(CNC(=O)[C@@H](C)OC(=O)c2ccc(Cl)c(S(=O)(=O)N3CCc4ccccc4C3)c2)cc1. The fraction of sp³-hybridized carbons (Fsp3) is 0.259. The molecule has 0 spiro atoms. The lowest BCUT2D eigenvalue weighted by atomic mass is 10.0. The van der Waals surface area contributed by atoms with E-state index in [2.05, 4.69) is 5.32 Å². The average Bonchev–Trinajstić information content (AvgIpc) is 2.91. The van der Waals surface area contributed by atoms with Crippen LogP contribution in [0.15, 0.2) is 71.6 Å². The van der Waals surface area contributed by atoms with E-state index in [4.69, 9.17) is 21.1 Å². The summed E-state index contributed by atoms with van der Waals surface area (Å²) in [6.45, 7) is 2.21. The van der Waals surface area contributed by atoms with E-state index in [1.54, 1.807) is 19.2 Å². The van der Waals surface area contributed by atoms with Crippen molar-refractivity contribution in [1.29, 1.82) is 0 Å². The molecule has 8 nitrogen and oxygen atoms in total. The molecule has 1 aliphatic rings. The number of sulfonamides is 1. The Morgan fingerprint density at radius 3 is 2.46 bits per heavy atom. The molecule has 0 fully saturated rings. The number of amides is 1. The van der Waals surface area contributed by atoms with Crippen LogP contribution < -0.4 is 10.1 Å². The van der Waals surface area contributed by atoms with Crippen molar-refractivity contribution in [3.8, 4) is 5.75 Å². The maximum Gasteiger partial charge on any atom is 0.338 e. The molecule has 1 aliphatic heterocycles. The summed E-state index contributed by atoms with van der Waals surface area (Å²) < 4.78 is 38.6. The Morgan fingerprint density at radius 1 is 1.05 bits per heavy atom. The number of benzene rings is 3. The van der Waals surface area contributed by atoms with Crippen molar-refractivity contribution in [2.24, 2.45) is 0 Å². The van der Waals surface area contributed by atoms with E-state index in [1.165, 1.54) is 29.4 Å². The molecule has 194 valence electrons. The molecule has 1 atom stereocenters. The van der Waals surface area contributed by atoms with E-state index in [9.17, 15) is 18.0 Å². The van der Waals surface area contributed by atoms with Crippen LogP contribution in [-0.4, -0.2) is 44.4 Å². The Labute approximate surface area is 221 Å². The number of rotatable bonds is 8. The van der Waals surface area contributed by atoms with Gasteiger partial charge < -0.3 is 14.8 Å². The van der Waals surface area contributed by atoms with Crippen molar-refractivity contribution in [2.75, 3.05) is 13.7 Å². The van der Waals surface area contributed by atoms with Gasteiger partial charge in [0.1, 0.15) is 10.6 Å². The minimum atomic E-state index is -3.98. The number of ether oxygens (including phenoxy) is 2. The molecule has 3 aromatic rings. The number of carbonyl (C=O) groups is 2. The van der Waals surface area contributed by atoms with Crippen LogP contribution in [0.25, 0.3) is 0 Å². The summed E-state index contributed by atoms with van der Waals surface area (Å²) >= 11 is 6.25. The molecule has 0 unspecified atom stereocenters. The molecule has 0 aromatic heterocycles. The maximum absolute atomic E-state index is 13.4. The first-order chi connectivity index (χ1) is 17.7. The Bertz CT molecular complexity index is 1410. The van der Waals surface area contributed by atoms with Gasteiger partial charge in [-0.15, -0.1) is 0 Å². The van der Waals surface area contributed by atoms with Gasteiger partial charge in [0.25, 0.3) is 5.91 Å². The van der Waals surface area contributed by atoms with E-state index in [0.29, 0.717) is 18.7 Å². The first-order valence-electron chi connectivity index (χ1n) is 11.7. The average molecular weight is 543 g/mol. The number of carbonyl (C=O) groups excluding carboxylic acids is 2. The molecule has 1 N–H and O–H groups in total. The van der Waals surface area contributed by atoms with Gasteiger partial charge in [-0.3, -0.25) is 4.79 Å². The predicted molar refractivity (Wildman–Crippen MR) is 139 cm³/mol. The quantitative estimate of drug-likeness (QED) is 0.432. The topological polar surface area (TPSA) is 102 Å². The fourth-order valence-corrected chi connectivity index (χ4v) is 5.92. The Morgan fingerprint density at radius 2 is 1.76 bits per heavy atom. The molecule has 0 radical (unpaired) electrons. The minimum absolute atomic E-state index is 0.000640. The maximum atomic E-state index is 13.4. The number of hydrogen-bond donors (Lipinski definition) is 1. The largest absolute Gasteiger partial charge is 0.497 e. The highest BCUT2D eigenvalue weighted by Gasteiger charge is 2.31. The number of hydrogen-bond acceptors (Lipinski definition) is 6. The lowest BCUT2D eigenvalue weighted by molar-refractivity contribution is -0.129. The zero-order chi connectivity index (χ0) is 26.6. The first kappa shape index (κ1) is 26.7. The highest BCUT2D eigenvalue weighted by atomic mass is 35.5. The Balaban J connectivity index is 1.42. The Hall–Kier alpha value is -3.40. The molecule has 37 heavy (non-hydrogen) atoms. The monoisotopic (exact) mass is 542 g/mol. The van der Waals surface area contributed by atoms with Crippen LogP contribution in [0.4, 0.5) is 0 Å². The summed E-state index contributed by atoms with van der Waals surface area (Å²) in [4.78, 5) is 25.0. The van der Waals surface area contributed by atoms with E-state index < -0.39 is 28.0 Å². The number of esters is 1. The van der Waals surface area contributed by atoms with Gasteiger partial charge in [-0.2, -0.15) is 4.31 Å². The zero-order valence-electron chi connectivity index (χ0n) is 20.4. The lowest BCUT2D eigenvalue weighted by Crippen LogP contribution is -2.36. The molecular formula is C27H27ClN2O6S. The smallest absolute Gasteiger partial charge is 0.338 e. The van der Waals surface area contributed by atoms with Crippen molar-refractivity contribution in [3.63, 3.8) is 0 Å². The van der Waals surface area contributed by atoms with Crippen molar-refractivity contribution < 1.29 is 27.5 Å². The van der Waals surface area contributed by atoms with Gasteiger partial charge >= 0.3 is 5.97 Å². The molecule has 1 amide bonds. The standard InChI is InChI=1S/C27H27ClN2O6S/c1-18(26(31)29-16-19-7-10-23(35-2)11-8-19)36-27(32)21-9-12-24(28)25(15-21)37(33,34)30-14-13-20-5-3-4-6-22(20)17-30/h3-12,15,18H,13-14,16-17H2,1-2H3,(H,29,31)/t18-/m1/s1.